The molecule has 1 fully saturated rings. The van der Waals surface area contributed by atoms with E-state index in [1.807, 2.05) is 27.7 Å². The lowest BCUT2D eigenvalue weighted by atomic mass is 9.91. The number of urea groups is 1. The molecule has 24 heavy (non-hydrogen) atoms. The smallest absolute Gasteiger partial charge is 0.321 e. The van der Waals surface area contributed by atoms with Gasteiger partial charge in [0.2, 0.25) is 0 Å². The topological polar surface area (TPSA) is 78.9 Å². The minimum absolute atomic E-state index is 0.174. The molecule has 0 bridgehead atoms. The van der Waals surface area contributed by atoms with E-state index in [0.717, 1.165) is 5.75 Å². The summed E-state index contributed by atoms with van der Waals surface area (Å²) in [5.74, 6) is -0.434. The Morgan fingerprint density at radius 1 is 1.21 bits per heavy atom. The minimum atomic E-state index is -0.844. The molecule has 1 aromatic carbocycles. The molecule has 6 heteroatoms. The van der Waals surface area contributed by atoms with Gasteiger partial charge in [0.05, 0.1) is 5.92 Å². The van der Waals surface area contributed by atoms with Crippen molar-refractivity contribution in [2.24, 2.45) is 11.8 Å². The van der Waals surface area contributed by atoms with Gasteiger partial charge in [-0.25, -0.2) is 4.79 Å². The number of likely N-dealkylation sites (tertiary alicyclic amines) is 1. The van der Waals surface area contributed by atoms with Crippen LogP contribution < -0.4 is 10.1 Å². The standard InChI is InChI=1S/C18H26N2O4/c1-12-9-13(16(21)22)11-20(10-12)17(23)19-14-5-7-15(8-6-14)24-18(2,3)4/h5-8,12-13H,9-11H2,1-4H3,(H,19,23)(H,21,22). The molecule has 132 valence electrons. The van der Waals surface area contributed by atoms with Crippen molar-refractivity contribution in [1.29, 1.82) is 0 Å². The van der Waals surface area contributed by atoms with Gasteiger partial charge < -0.3 is 20.1 Å². The van der Waals surface area contributed by atoms with E-state index in [2.05, 4.69) is 5.32 Å². The fourth-order valence-electron chi connectivity index (χ4n) is 2.86. The summed E-state index contributed by atoms with van der Waals surface area (Å²) in [6, 6.07) is 6.90. The van der Waals surface area contributed by atoms with Crippen LogP contribution in [0.15, 0.2) is 24.3 Å². The first kappa shape index (κ1) is 18.1. The number of amides is 2. The summed E-state index contributed by atoms with van der Waals surface area (Å²) >= 11 is 0. The van der Waals surface area contributed by atoms with E-state index in [4.69, 9.17) is 4.74 Å². The second-order valence-electron chi connectivity index (χ2n) is 7.45. The third kappa shape index (κ3) is 5.15. The summed E-state index contributed by atoms with van der Waals surface area (Å²) in [4.78, 5) is 25.2. The van der Waals surface area contributed by atoms with E-state index < -0.39 is 11.9 Å². The van der Waals surface area contributed by atoms with Crippen LogP contribution in [0, 0.1) is 11.8 Å². The molecule has 6 nitrogen and oxygen atoms in total. The fourth-order valence-corrected chi connectivity index (χ4v) is 2.86. The number of anilines is 1. The predicted octanol–water partition coefficient (Wildman–Crippen LogP) is 3.44. The molecule has 2 atom stereocenters. The number of nitrogens with zero attached hydrogens (tertiary/aromatic N) is 1. The Bertz CT molecular complexity index is 592. The van der Waals surface area contributed by atoms with Crippen molar-refractivity contribution >= 4 is 17.7 Å². The van der Waals surface area contributed by atoms with Gasteiger partial charge >= 0.3 is 12.0 Å². The molecule has 2 amide bonds. The first-order chi connectivity index (χ1) is 11.1. The van der Waals surface area contributed by atoms with Crippen LogP contribution in [0.5, 0.6) is 5.75 Å². The van der Waals surface area contributed by atoms with E-state index in [0.29, 0.717) is 18.7 Å². The van der Waals surface area contributed by atoms with Crippen molar-refractivity contribution in [3.63, 3.8) is 0 Å². The quantitative estimate of drug-likeness (QED) is 0.887. The monoisotopic (exact) mass is 334 g/mol. The van der Waals surface area contributed by atoms with Gasteiger partial charge in [0.1, 0.15) is 11.4 Å². The van der Waals surface area contributed by atoms with Crippen LogP contribution in [0.4, 0.5) is 10.5 Å². The summed E-state index contributed by atoms with van der Waals surface area (Å²) in [7, 11) is 0. The third-order valence-electron chi connectivity index (χ3n) is 3.83. The van der Waals surface area contributed by atoms with Crippen molar-refractivity contribution in [3.8, 4) is 5.75 Å². The number of carboxylic acids is 1. The molecule has 0 aromatic heterocycles. The second kappa shape index (κ2) is 7.11. The lowest BCUT2D eigenvalue weighted by Gasteiger charge is -2.34. The average molecular weight is 334 g/mol. The molecule has 2 rings (SSSR count). The number of carbonyl (C=O) groups excluding carboxylic acids is 1. The van der Waals surface area contributed by atoms with E-state index in [1.54, 1.807) is 29.2 Å². The Morgan fingerprint density at radius 2 is 1.83 bits per heavy atom. The van der Waals surface area contributed by atoms with Crippen molar-refractivity contribution < 1.29 is 19.4 Å². The van der Waals surface area contributed by atoms with Gasteiger partial charge in [-0.1, -0.05) is 6.92 Å². The van der Waals surface area contributed by atoms with Gasteiger partial charge in [-0.2, -0.15) is 0 Å². The molecule has 1 aliphatic rings. The fraction of sp³-hybridized carbons (Fsp3) is 0.556. The number of rotatable bonds is 3. The number of carbonyl (C=O) groups is 2. The number of piperidine rings is 1. The molecule has 2 unspecified atom stereocenters. The van der Waals surface area contributed by atoms with Crippen LogP contribution in [0.25, 0.3) is 0 Å². The minimum Gasteiger partial charge on any atom is -0.488 e. The summed E-state index contributed by atoms with van der Waals surface area (Å²) in [6.45, 7) is 8.70. The molecule has 1 heterocycles. The van der Waals surface area contributed by atoms with Crippen molar-refractivity contribution in [1.82, 2.24) is 4.90 Å². The van der Waals surface area contributed by atoms with Gasteiger partial charge in [-0.3, -0.25) is 4.79 Å². The number of benzene rings is 1. The molecule has 1 aliphatic heterocycles. The summed E-state index contributed by atoms with van der Waals surface area (Å²) < 4.78 is 5.74. The SMILES string of the molecule is CC1CC(C(=O)O)CN(C(=O)Nc2ccc(OC(C)(C)C)cc2)C1. The normalized spacial score (nSPS) is 21.2. The van der Waals surface area contributed by atoms with Gasteiger partial charge in [-0.05, 0) is 57.4 Å². The van der Waals surface area contributed by atoms with Crippen LogP contribution in [-0.4, -0.2) is 40.7 Å². The zero-order valence-electron chi connectivity index (χ0n) is 14.7. The molecule has 2 N–H and O–H groups in total. The molecule has 1 saturated heterocycles. The van der Waals surface area contributed by atoms with Gasteiger partial charge in [-0.15, -0.1) is 0 Å². The van der Waals surface area contributed by atoms with E-state index in [-0.39, 0.29) is 24.1 Å². The molecular formula is C18H26N2O4. The van der Waals surface area contributed by atoms with Crippen LogP contribution in [0.3, 0.4) is 0 Å². The highest BCUT2D eigenvalue weighted by atomic mass is 16.5. The third-order valence-corrected chi connectivity index (χ3v) is 3.83. The maximum atomic E-state index is 12.4. The summed E-state index contributed by atoms with van der Waals surface area (Å²) in [6.07, 6.45) is 0.609. The molecule has 0 spiro atoms. The first-order valence-corrected chi connectivity index (χ1v) is 8.22. The molecular weight excluding hydrogens is 308 g/mol. The molecule has 0 saturated carbocycles. The molecule has 1 aromatic rings. The molecule has 0 aliphatic carbocycles. The first-order valence-electron chi connectivity index (χ1n) is 8.22. The summed E-state index contributed by atoms with van der Waals surface area (Å²) in [5.41, 5.74) is 0.381. The number of aliphatic carboxylic acids is 1. The van der Waals surface area contributed by atoms with Crippen LogP contribution in [-0.2, 0) is 4.79 Å². The van der Waals surface area contributed by atoms with Gasteiger partial charge in [0.25, 0.3) is 0 Å². The Hall–Kier alpha value is -2.24. The van der Waals surface area contributed by atoms with E-state index >= 15 is 0 Å². The number of ether oxygens (including phenoxy) is 1. The maximum Gasteiger partial charge on any atom is 0.321 e. The largest absolute Gasteiger partial charge is 0.488 e. The Balaban J connectivity index is 1.97. The predicted molar refractivity (Wildman–Crippen MR) is 92.3 cm³/mol. The van der Waals surface area contributed by atoms with Gasteiger partial charge in [0.15, 0.2) is 0 Å². The lowest BCUT2D eigenvalue weighted by Crippen LogP contribution is -2.47. The Labute approximate surface area is 142 Å². The zero-order chi connectivity index (χ0) is 17.9. The number of hydrogen-bond donors (Lipinski definition) is 2. The van der Waals surface area contributed by atoms with Crippen molar-refractivity contribution in [2.45, 2.75) is 39.7 Å². The number of nitrogens with one attached hydrogen (secondary N) is 1. The number of carboxylic acid groups (broad SMARTS) is 1. The van der Waals surface area contributed by atoms with Crippen LogP contribution in [0.2, 0.25) is 0 Å². The average Bonchev–Trinajstić information content (AvgIpc) is 2.47. The van der Waals surface area contributed by atoms with Crippen LogP contribution >= 0.6 is 0 Å². The number of hydrogen-bond acceptors (Lipinski definition) is 3. The zero-order valence-corrected chi connectivity index (χ0v) is 14.7. The van der Waals surface area contributed by atoms with E-state index in [9.17, 15) is 14.7 Å². The Kier molecular flexibility index (Phi) is 5.36. The van der Waals surface area contributed by atoms with Gasteiger partial charge in [0, 0.05) is 18.8 Å². The lowest BCUT2D eigenvalue weighted by molar-refractivity contribution is -0.143. The highest BCUT2D eigenvalue weighted by molar-refractivity contribution is 5.89. The highest BCUT2D eigenvalue weighted by Crippen LogP contribution is 2.24. The van der Waals surface area contributed by atoms with E-state index in [1.165, 1.54) is 0 Å². The second-order valence-corrected chi connectivity index (χ2v) is 7.45. The summed E-state index contributed by atoms with van der Waals surface area (Å²) in [5, 5.41) is 12.0. The highest BCUT2D eigenvalue weighted by Gasteiger charge is 2.31. The van der Waals surface area contributed by atoms with Crippen molar-refractivity contribution in [2.75, 3.05) is 18.4 Å². The maximum absolute atomic E-state index is 12.4. The Morgan fingerprint density at radius 3 is 2.38 bits per heavy atom. The van der Waals surface area contributed by atoms with Crippen molar-refractivity contribution in [3.05, 3.63) is 24.3 Å². The van der Waals surface area contributed by atoms with Crippen LogP contribution in [0.1, 0.15) is 34.1 Å². The molecule has 0 radical (unpaired) electrons.